The summed E-state index contributed by atoms with van der Waals surface area (Å²) in [5.41, 5.74) is 0. The van der Waals surface area contributed by atoms with Crippen LogP contribution >= 0.6 is 0 Å². The molecule has 1 atom stereocenters. The van der Waals surface area contributed by atoms with Gasteiger partial charge in [-0.1, -0.05) is 20.8 Å². The van der Waals surface area contributed by atoms with Crippen LogP contribution in [0.4, 0.5) is 4.79 Å². The van der Waals surface area contributed by atoms with Gasteiger partial charge >= 0.3 is 6.09 Å². The average molecular weight is 202 g/mol. The maximum absolute atomic E-state index is 11.4. The molecule has 1 unspecified atom stereocenters. The first kappa shape index (κ1) is 12.7. The Bertz CT molecular complexity index is 204. The maximum Gasteiger partial charge on any atom is 0.405 e. The van der Waals surface area contributed by atoms with Gasteiger partial charge < -0.3 is 15.7 Å². The van der Waals surface area contributed by atoms with Crippen molar-refractivity contribution in [3.05, 3.63) is 0 Å². The zero-order chi connectivity index (χ0) is 11.1. The van der Waals surface area contributed by atoms with Crippen molar-refractivity contribution >= 4 is 12.0 Å². The Morgan fingerprint density at radius 2 is 1.93 bits per heavy atom. The highest BCUT2D eigenvalue weighted by molar-refractivity contribution is 5.85. The molecule has 0 aromatic carbocycles. The molecule has 0 aliphatic rings. The van der Waals surface area contributed by atoms with E-state index in [9.17, 15) is 9.59 Å². The lowest BCUT2D eigenvalue weighted by Gasteiger charge is -2.15. The molecule has 2 amide bonds. The number of carbonyl (C=O) groups is 2. The van der Waals surface area contributed by atoms with Crippen LogP contribution in [0.1, 0.15) is 27.2 Å². The fourth-order valence-electron chi connectivity index (χ4n) is 0.930. The number of amides is 2. The van der Waals surface area contributed by atoms with Gasteiger partial charge in [0.2, 0.25) is 5.91 Å². The monoisotopic (exact) mass is 202 g/mol. The summed E-state index contributed by atoms with van der Waals surface area (Å²) in [5, 5.41) is 13.3. The van der Waals surface area contributed by atoms with Crippen LogP contribution in [0.3, 0.4) is 0 Å². The van der Waals surface area contributed by atoms with Gasteiger partial charge in [0.25, 0.3) is 0 Å². The zero-order valence-corrected chi connectivity index (χ0v) is 8.83. The minimum Gasteiger partial charge on any atom is -0.465 e. The summed E-state index contributed by atoms with van der Waals surface area (Å²) in [6.07, 6.45) is -0.715. The summed E-state index contributed by atoms with van der Waals surface area (Å²) in [5.74, 6) is 0.102. The first-order valence-electron chi connectivity index (χ1n) is 4.74. The van der Waals surface area contributed by atoms with Crippen molar-refractivity contribution in [3.8, 4) is 0 Å². The predicted molar refractivity (Wildman–Crippen MR) is 53.1 cm³/mol. The summed E-state index contributed by atoms with van der Waals surface area (Å²) in [6, 6.07) is -0.647. The van der Waals surface area contributed by atoms with E-state index in [1.807, 2.05) is 13.8 Å². The molecule has 0 rings (SSSR count). The van der Waals surface area contributed by atoms with Crippen LogP contribution in [0.2, 0.25) is 0 Å². The van der Waals surface area contributed by atoms with Gasteiger partial charge in [-0.2, -0.15) is 0 Å². The van der Waals surface area contributed by atoms with Gasteiger partial charge in [0, 0.05) is 6.54 Å². The molecule has 5 heteroatoms. The largest absolute Gasteiger partial charge is 0.465 e. The molecular formula is C9H18N2O3. The van der Waals surface area contributed by atoms with Crippen LogP contribution < -0.4 is 10.6 Å². The summed E-state index contributed by atoms with van der Waals surface area (Å²) < 4.78 is 0. The van der Waals surface area contributed by atoms with Crippen molar-refractivity contribution in [2.75, 3.05) is 6.54 Å². The standard InChI is InChI=1S/C9H18N2O3/c1-4-7(11-9(13)14)8(12)10-5-6(2)3/h6-7,11H,4-5H2,1-3H3,(H,10,12)(H,13,14). The van der Waals surface area contributed by atoms with Gasteiger partial charge in [-0.25, -0.2) is 4.79 Å². The second kappa shape index (κ2) is 6.23. The van der Waals surface area contributed by atoms with Gasteiger partial charge in [-0.05, 0) is 12.3 Å². The Labute approximate surface area is 83.9 Å². The van der Waals surface area contributed by atoms with Gasteiger partial charge in [0.05, 0.1) is 0 Å². The Morgan fingerprint density at radius 3 is 2.29 bits per heavy atom. The number of carbonyl (C=O) groups excluding carboxylic acids is 1. The fourth-order valence-corrected chi connectivity index (χ4v) is 0.930. The number of carboxylic acid groups (broad SMARTS) is 1. The Hall–Kier alpha value is -1.26. The molecule has 0 aliphatic carbocycles. The fraction of sp³-hybridized carbons (Fsp3) is 0.778. The second-order valence-electron chi connectivity index (χ2n) is 3.55. The van der Waals surface area contributed by atoms with Crippen LogP contribution in [0.25, 0.3) is 0 Å². The molecule has 0 bridgehead atoms. The second-order valence-corrected chi connectivity index (χ2v) is 3.55. The minimum atomic E-state index is -1.17. The Kier molecular flexibility index (Phi) is 5.67. The first-order chi connectivity index (χ1) is 6.47. The number of rotatable bonds is 5. The molecule has 5 nitrogen and oxygen atoms in total. The molecule has 0 spiro atoms. The third kappa shape index (κ3) is 5.40. The van der Waals surface area contributed by atoms with E-state index >= 15 is 0 Å². The van der Waals surface area contributed by atoms with Crippen molar-refractivity contribution in [1.29, 1.82) is 0 Å². The summed E-state index contributed by atoms with van der Waals surface area (Å²) in [6.45, 7) is 6.28. The van der Waals surface area contributed by atoms with Crippen molar-refractivity contribution in [1.82, 2.24) is 10.6 Å². The molecule has 0 aliphatic heterocycles. The van der Waals surface area contributed by atoms with Crippen molar-refractivity contribution in [2.45, 2.75) is 33.2 Å². The highest BCUT2D eigenvalue weighted by Gasteiger charge is 2.17. The molecule has 0 saturated heterocycles. The van der Waals surface area contributed by atoms with Crippen molar-refractivity contribution in [3.63, 3.8) is 0 Å². The molecule has 82 valence electrons. The van der Waals surface area contributed by atoms with Crippen molar-refractivity contribution < 1.29 is 14.7 Å². The maximum atomic E-state index is 11.4. The molecule has 0 saturated carbocycles. The molecular weight excluding hydrogens is 184 g/mol. The van der Waals surface area contributed by atoms with E-state index in [1.165, 1.54) is 0 Å². The van der Waals surface area contributed by atoms with Gasteiger partial charge in [0.15, 0.2) is 0 Å². The number of hydrogen-bond donors (Lipinski definition) is 3. The van der Waals surface area contributed by atoms with E-state index in [0.717, 1.165) is 0 Å². The van der Waals surface area contributed by atoms with Crippen LogP contribution in [0.15, 0.2) is 0 Å². The SMILES string of the molecule is CCC(NC(=O)O)C(=O)NCC(C)C. The van der Waals surface area contributed by atoms with Gasteiger partial charge in [-0.3, -0.25) is 4.79 Å². The summed E-state index contributed by atoms with van der Waals surface area (Å²) in [7, 11) is 0. The number of nitrogens with one attached hydrogen (secondary N) is 2. The zero-order valence-electron chi connectivity index (χ0n) is 8.83. The normalized spacial score (nSPS) is 12.3. The van der Waals surface area contributed by atoms with Crippen LogP contribution in [0, 0.1) is 5.92 Å². The van der Waals surface area contributed by atoms with E-state index in [2.05, 4.69) is 10.6 Å². The van der Waals surface area contributed by atoms with Crippen LogP contribution in [-0.4, -0.2) is 29.7 Å². The molecule has 0 radical (unpaired) electrons. The smallest absolute Gasteiger partial charge is 0.405 e. The van der Waals surface area contributed by atoms with Gasteiger partial charge in [-0.15, -0.1) is 0 Å². The predicted octanol–water partition coefficient (Wildman–Crippen LogP) is 0.805. The Morgan fingerprint density at radius 1 is 1.36 bits per heavy atom. The van der Waals surface area contributed by atoms with Crippen LogP contribution in [0.5, 0.6) is 0 Å². The molecule has 0 fully saturated rings. The quantitative estimate of drug-likeness (QED) is 0.617. The highest BCUT2D eigenvalue weighted by atomic mass is 16.4. The Balaban J connectivity index is 3.98. The van der Waals surface area contributed by atoms with Crippen molar-refractivity contribution in [2.24, 2.45) is 5.92 Å². The minimum absolute atomic E-state index is 0.261. The molecule has 0 heterocycles. The van der Waals surface area contributed by atoms with E-state index in [1.54, 1.807) is 6.92 Å². The van der Waals surface area contributed by atoms with E-state index in [0.29, 0.717) is 18.9 Å². The summed E-state index contributed by atoms with van der Waals surface area (Å²) >= 11 is 0. The topological polar surface area (TPSA) is 78.4 Å². The first-order valence-corrected chi connectivity index (χ1v) is 4.74. The molecule has 0 aromatic heterocycles. The average Bonchev–Trinajstić information content (AvgIpc) is 2.09. The molecule has 3 N–H and O–H groups in total. The lowest BCUT2D eigenvalue weighted by atomic mass is 10.2. The molecule has 0 aromatic rings. The van der Waals surface area contributed by atoms with E-state index in [-0.39, 0.29) is 5.91 Å². The summed E-state index contributed by atoms with van der Waals surface area (Å²) in [4.78, 5) is 21.7. The van der Waals surface area contributed by atoms with Crippen LogP contribution in [-0.2, 0) is 4.79 Å². The molecule has 14 heavy (non-hydrogen) atoms. The third-order valence-electron chi connectivity index (χ3n) is 1.71. The lowest BCUT2D eigenvalue weighted by Crippen LogP contribution is -2.46. The van der Waals surface area contributed by atoms with E-state index in [4.69, 9.17) is 5.11 Å². The third-order valence-corrected chi connectivity index (χ3v) is 1.71. The van der Waals surface area contributed by atoms with E-state index < -0.39 is 12.1 Å². The highest BCUT2D eigenvalue weighted by Crippen LogP contribution is 1.93. The number of hydrogen-bond acceptors (Lipinski definition) is 2. The van der Waals surface area contributed by atoms with Gasteiger partial charge in [0.1, 0.15) is 6.04 Å². The lowest BCUT2D eigenvalue weighted by molar-refractivity contribution is -0.123.